The molecule has 1 heteroatoms. The minimum Gasteiger partial charge on any atom is -0.102 e. The summed E-state index contributed by atoms with van der Waals surface area (Å²) in [7, 11) is 0. The molecule has 0 bridgehead atoms. The molecule has 0 aromatic heterocycles. The zero-order valence-corrected chi connectivity index (χ0v) is 9.56. The summed E-state index contributed by atoms with van der Waals surface area (Å²) in [5.41, 5.74) is 2.39. The molecular formula is C13H16Cl. The molecule has 0 aliphatic rings. The van der Waals surface area contributed by atoms with E-state index >= 15 is 0 Å². The molecule has 75 valence electrons. The summed E-state index contributed by atoms with van der Waals surface area (Å²) in [6, 6.07) is 6.23. The van der Waals surface area contributed by atoms with E-state index in [9.17, 15) is 0 Å². The molecule has 0 spiro atoms. The Morgan fingerprint density at radius 3 is 2.71 bits per heavy atom. The molecule has 0 saturated heterocycles. The third-order valence-electron chi connectivity index (χ3n) is 2.33. The summed E-state index contributed by atoms with van der Waals surface area (Å²) < 4.78 is 0. The number of allylic oxidation sites excluding steroid dienone is 1. The van der Waals surface area contributed by atoms with E-state index in [0.29, 0.717) is 0 Å². The number of benzene rings is 1. The van der Waals surface area contributed by atoms with Crippen molar-refractivity contribution < 1.29 is 0 Å². The van der Waals surface area contributed by atoms with Crippen LogP contribution in [0.25, 0.3) is 0 Å². The Bertz CT molecular complexity index is 315. The summed E-state index contributed by atoms with van der Waals surface area (Å²) in [6.45, 7) is 7.94. The van der Waals surface area contributed by atoms with Gasteiger partial charge >= 0.3 is 0 Å². The van der Waals surface area contributed by atoms with Crippen molar-refractivity contribution in [1.82, 2.24) is 0 Å². The van der Waals surface area contributed by atoms with E-state index < -0.39 is 0 Å². The van der Waals surface area contributed by atoms with Crippen LogP contribution in [-0.4, -0.2) is 0 Å². The van der Waals surface area contributed by atoms with Crippen LogP contribution < -0.4 is 0 Å². The molecule has 0 heterocycles. The van der Waals surface area contributed by atoms with Crippen molar-refractivity contribution >= 4 is 11.6 Å². The molecule has 14 heavy (non-hydrogen) atoms. The van der Waals surface area contributed by atoms with E-state index in [1.54, 1.807) is 0 Å². The average Bonchev–Trinajstić information content (AvgIpc) is 2.20. The largest absolute Gasteiger partial charge is 0.102 e. The van der Waals surface area contributed by atoms with Gasteiger partial charge < -0.3 is 0 Å². The highest BCUT2D eigenvalue weighted by atomic mass is 35.5. The van der Waals surface area contributed by atoms with Gasteiger partial charge in [0.15, 0.2) is 0 Å². The maximum absolute atomic E-state index is 6.16. The molecular weight excluding hydrogens is 192 g/mol. The third kappa shape index (κ3) is 2.62. The summed E-state index contributed by atoms with van der Waals surface area (Å²) in [6.07, 6.45) is 4.03. The Hall–Kier alpha value is -0.750. The molecule has 0 aliphatic carbocycles. The minimum absolute atomic E-state index is 0.866. The summed E-state index contributed by atoms with van der Waals surface area (Å²) in [5, 5.41) is 0.866. The maximum Gasteiger partial charge on any atom is 0.0441 e. The van der Waals surface area contributed by atoms with Gasteiger partial charge in [-0.1, -0.05) is 50.1 Å². The molecule has 0 aliphatic heterocycles. The van der Waals surface area contributed by atoms with Crippen LogP contribution in [-0.2, 0) is 6.42 Å². The van der Waals surface area contributed by atoms with E-state index in [0.717, 1.165) is 29.3 Å². The van der Waals surface area contributed by atoms with E-state index in [2.05, 4.69) is 25.6 Å². The van der Waals surface area contributed by atoms with Crippen LogP contribution in [0.5, 0.6) is 0 Å². The first-order valence-corrected chi connectivity index (χ1v) is 5.31. The molecule has 0 fully saturated rings. The lowest BCUT2D eigenvalue weighted by Gasteiger charge is -2.08. The van der Waals surface area contributed by atoms with Crippen molar-refractivity contribution in [2.24, 2.45) is 0 Å². The van der Waals surface area contributed by atoms with Gasteiger partial charge in [-0.25, -0.2) is 0 Å². The zero-order chi connectivity index (χ0) is 10.6. The predicted molar refractivity (Wildman–Crippen MR) is 63.7 cm³/mol. The van der Waals surface area contributed by atoms with Crippen LogP contribution in [0.15, 0.2) is 30.9 Å². The van der Waals surface area contributed by atoms with Crippen molar-refractivity contribution in [3.63, 3.8) is 0 Å². The van der Waals surface area contributed by atoms with Gasteiger partial charge in [-0.15, -0.1) is 6.58 Å². The third-order valence-corrected chi connectivity index (χ3v) is 2.69. The predicted octanol–water partition coefficient (Wildman–Crippen LogP) is 4.42. The molecule has 0 amide bonds. The smallest absolute Gasteiger partial charge is 0.0441 e. The number of hydrogen-bond acceptors (Lipinski definition) is 0. The Labute approximate surface area is 91.6 Å². The fraction of sp³-hybridized carbons (Fsp3) is 0.308. The summed E-state index contributed by atoms with van der Waals surface area (Å²) >= 11 is 6.16. The van der Waals surface area contributed by atoms with Gasteiger partial charge in [0, 0.05) is 10.9 Å². The molecule has 0 unspecified atom stereocenters. The Morgan fingerprint density at radius 1 is 1.50 bits per heavy atom. The van der Waals surface area contributed by atoms with Crippen LogP contribution in [0.2, 0.25) is 5.02 Å². The first kappa shape index (κ1) is 11.3. The van der Waals surface area contributed by atoms with Crippen molar-refractivity contribution in [1.29, 1.82) is 0 Å². The van der Waals surface area contributed by atoms with Gasteiger partial charge in [-0.2, -0.15) is 0 Å². The van der Waals surface area contributed by atoms with E-state index in [-0.39, 0.29) is 0 Å². The zero-order valence-electron chi connectivity index (χ0n) is 8.81. The maximum atomic E-state index is 6.16. The van der Waals surface area contributed by atoms with Crippen molar-refractivity contribution in [3.05, 3.63) is 52.9 Å². The molecule has 0 saturated carbocycles. The topological polar surface area (TPSA) is 0 Å². The fourth-order valence-electron chi connectivity index (χ4n) is 1.38. The minimum atomic E-state index is 0.866. The SMILES string of the molecule is C=C[C](C)c1ccc(CCC)c(Cl)c1. The normalized spacial score (nSPS) is 10.6. The standard InChI is InChI=1S/C13H16Cl/c1-4-6-11-7-8-12(9-13(11)14)10(3)5-2/h5,7-9H,2,4,6H2,1,3H3. The second-order valence-electron chi connectivity index (χ2n) is 3.44. The van der Waals surface area contributed by atoms with Gasteiger partial charge in [0.25, 0.3) is 0 Å². The van der Waals surface area contributed by atoms with Gasteiger partial charge in [-0.3, -0.25) is 0 Å². The summed E-state index contributed by atoms with van der Waals surface area (Å²) in [5.74, 6) is 1.16. The second-order valence-corrected chi connectivity index (χ2v) is 3.85. The highest BCUT2D eigenvalue weighted by Crippen LogP contribution is 2.23. The lowest BCUT2D eigenvalue weighted by Crippen LogP contribution is -1.92. The molecule has 1 aromatic carbocycles. The highest BCUT2D eigenvalue weighted by molar-refractivity contribution is 6.31. The first-order chi connectivity index (χ1) is 6.69. The Balaban J connectivity index is 2.93. The van der Waals surface area contributed by atoms with E-state index in [1.165, 1.54) is 5.56 Å². The van der Waals surface area contributed by atoms with Crippen molar-refractivity contribution in [2.75, 3.05) is 0 Å². The average molecular weight is 208 g/mol. The fourth-order valence-corrected chi connectivity index (χ4v) is 1.66. The van der Waals surface area contributed by atoms with Crippen molar-refractivity contribution in [2.45, 2.75) is 26.7 Å². The van der Waals surface area contributed by atoms with Crippen LogP contribution in [0.4, 0.5) is 0 Å². The van der Waals surface area contributed by atoms with Crippen LogP contribution >= 0.6 is 11.6 Å². The molecule has 0 atom stereocenters. The number of rotatable bonds is 4. The Morgan fingerprint density at radius 2 is 2.21 bits per heavy atom. The molecule has 1 rings (SSSR count). The van der Waals surface area contributed by atoms with Gasteiger partial charge in [0.1, 0.15) is 0 Å². The first-order valence-electron chi connectivity index (χ1n) is 4.93. The monoisotopic (exact) mass is 207 g/mol. The number of halogens is 1. The molecule has 1 aromatic rings. The van der Waals surface area contributed by atoms with Crippen LogP contribution in [0.1, 0.15) is 31.4 Å². The lowest BCUT2D eigenvalue weighted by molar-refractivity contribution is 0.921. The lowest BCUT2D eigenvalue weighted by atomic mass is 9.99. The van der Waals surface area contributed by atoms with Crippen LogP contribution in [0.3, 0.4) is 0 Å². The van der Waals surface area contributed by atoms with Crippen LogP contribution in [0, 0.1) is 5.92 Å². The second kappa shape index (κ2) is 5.21. The molecule has 0 N–H and O–H groups in total. The molecule has 0 nitrogen and oxygen atoms in total. The van der Waals surface area contributed by atoms with Gasteiger partial charge in [-0.05, 0) is 23.6 Å². The van der Waals surface area contributed by atoms with Gasteiger partial charge in [0.2, 0.25) is 0 Å². The van der Waals surface area contributed by atoms with E-state index in [4.69, 9.17) is 11.6 Å². The number of hydrogen-bond donors (Lipinski definition) is 0. The van der Waals surface area contributed by atoms with E-state index in [1.807, 2.05) is 19.1 Å². The molecule has 1 radical (unpaired) electrons. The summed E-state index contributed by atoms with van der Waals surface area (Å²) in [4.78, 5) is 0. The van der Waals surface area contributed by atoms with Crippen molar-refractivity contribution in [3.8, 4) is 0 Å². The number of aryl methyl sites for hydroxylation is 1. The quantitative estimate of drug-likeness (QED) is 0.686. The highest BCUT2D eigenvalue weighted by Gasteiger charge is 2.05. The Kier molecular flexibility index (Phi) is 4.21. The van der Waals surface area contributed by atoms with Gasteiger partial charge in [0.05, 0.1) is 0 Å².